The zero-order valence-electron chi connectivity index (χ0n) is 10.8. The SMILES string of the molecule is COc1cc(OC)nc(NC(=O)c2c[nH]ccc2=O)n1. The first-order valence-electron chi connectivity index (χ1n) is 5.59. The number of hydrogen-bond acceptors (Lipinski definition) is 6. The predicted octanol–water partition coefficient (Wildman–Crippen LogP) is 0.434. The summed E-state index contributed by atoms with van der Waals surface area (Å²) < 4.78 is 9.92. The van der Waals surface area contributed by atoms with Crippen molar-refractivity contribution < 1.29 is 14.3 Å². The van der Waals surface area contributed by atoms with E-state index in [9.17, 15) is 9.59 Å². The van der Waals surface area contributed by atoms with Crippen molar-refractivity contribution in [1.29, 1.82) is 0 Å². The number of nitrogens with zero attached hydrogens (tertiary/aromatic N) is 2. The molecule has 0 aromatic carbocycles. The molecule has 0 saturated heterocycles. The number of pyridine rings is 1. The number of methoxy groups -OCH3 is 2. The molecule has 0 radical (unpaired) electrons. The van der Waals surface area contributed by atoms with Crippen molar-refractivity contribution in [1.82, 2.24) is 15.0 Å². The van der Waals surface area contributed by atoms with Crippen LogP contribution in [0, 0.1) is 0 Å². The second-order valence-electron chi connectivity index (χ2n) is 3.65. The molecule has 0 bridgehead atoms. The van der Waals surface area contributed by atoms with Crippen LogP contribution in [0.15, 0.2) is 29.3 Å². The monoisotopic (exact) mass is 276 g/mol. The van der Waals surface area contributed by atoms with Crippen LogP contribution in [-0.2, 0) is 0 Å². The number of amides is 1. The molecule has 2 heterocycles. The van der Waals surface area contributed by atoms with Gasteiger partial charge < -0.3 is 14.5 Å². The molecule has 20 heavy (non-hydrogen) atoms. The zero-order valence-corrected chi connectivity index (χ0v) is 10.8. The van der Waals surface area contributed by atoms with E-state index in [-0.39, 0.29) is 23.3 Å². The number of H-pyrrole nitrogens is 1. The molecule has 0 aliphatic carbocycles. The quantitative estimate of drug-likeness (QED) is 0.839. The van der Waals surface area contributed by atoms with Crippen LogP contribution in [0.5, 0.6) is 11.8 Å². The lowest BCUT2D eigenvalue weighted by atomic mass is 10.2. The molecular weight excluding hydrogens is 264 g/mol. The van der Waals surface area contributed by atoms with E-state index in [1.807, 2.05) is 0 Å². The molecule has 2 rings (SSSR count). The number of rotatable bonds is 4. The molecular formula is C12H12N4O4. The van der Waals surface area contributed by atoms with E-state index >= 15 is 0 Å². The molecule has 0 spiro atoms. The molecule has 0 saturated carbocycles. The maximum atomic E-state index is 11.9. The Morgan fingerprint density at radius 2 is 1.90 bits per heavy atom. The van der Waals surface area contributed by atoms with Crippen LogP contribution < -0.4 is 20.2 Å². The second-order valence-corrected chi connectivity index (χ2v) is 3.65. The average molecular weight is 276 g/mol. The van der Waals surface area contributed by atoms with Gasteiger partial charge in [-0.2, -0.15) is 9.97 Å². The molecule has 2 aromatic heterocycles. The molecule has 2 N–H and O–H groups in total. The number of aromatic nitrogens is 3. The Kier molecular flexibility index (Phi) is 3.94. The van der Waals surface area contributed by atoms with Gasteiger partial charge in [0.05, 0.1) is 20.3 Å². The highest BCUT2D eigenvalue weighted by atomic mass is 16.5. The van der Waals surface area contributed by atoms with Crippen LogP contribution in [0.1, 0.15) is 10.4 Å². The van der Waals surface area contributed by atoms with E-state index < -0.39 is 11.3 Å². The second kappa shape index (κ2) is 5.83. The van der Waals surface area contributed by atoms with Crippen molar-refractivity contribution in [3.8, 4) is 11.8 Å². The van der Waals surface area contributed by atoms with E-state index in [0.29, 0.717) is 0 Å². The third-order valence-electron chi connectivity index (χ3n) is 2.39. The number of carbonyl (C=O) groups excluding carboxylic acids is 1. The molecule has 104 valence electrons. The van der Waals surface area contributed by atoms with Crippen molar-refractivity contribution in [2.45, 2.75) is 0 Å². The lowest BCUT2D eigenvalue weighted by Crippen LogP contribution is -2.22. The lowest BCUT2D eigenvalue weighted by Gasteiger charge is -2.07. The average Bonchev–Trinajstić information content (AvgIpc) is 2.47. The topological polar surface area (TPSA) is 106 Å². The Labute approximate surface area is 113 Å². The maximum absolute atomic E-state index is 11.9. The summed E-state index contributed by atoms with van der Waals surface area (Å²) in [5, 5.41) is 2.41. The van der Waals surface area contributed by atoms with E-state index in [1.54, 1.807) is 0 Å². The van der Waals surface area contributed by atoms with Gasteiger partial charge in [0, 0.05) is 18.5 Å². The maximum Gasteiger partial charge on any atom is 0.263 e. The van der Waals surface area contributed by atoms with Gasteiger partial charge in [-0.1, -0.05) is 0 Å². The van der Waals surface area contributed by atoms with E-state index in [2.05, 4.69) is 20.3 Å². The molecule has 0 atom stereocenters. The van der Waals surface area contributed by atoms with Crippen molar-refractivity contribution >= 4 is 11.9 Å². The molecule has 1 amide bonds. The van der Waals surface area contributed by atoms with Gasteiger partial charge in [-0.3, -0.25) is 14.9 Å². The van der Waals surface area contributed by atoms with Crippen LogP contribution >= 0.6 is 0 Å². The number of anilines is 1. The van der Waals surface area contributed by atoms with Crippen LogP contribution in [0.3, 0.4) is 0 Å². The highest BCUT2D eigenvalue weighted by Gasteiger charge is 2.13. The van der Waals surface area contributed by atoms with Crippen LogP contribution in [0.2, 0.25) is 0 Å². The lowest BCUT2D eigenvalue weighted by molar-refractivity contribution is 0.102. The predicted molar refractivity (Wildman–Crippen MR) is 70.2 cm³/mol. The number of nitrogens with one attached hydrogen (secondary N) is 2. The van der Waals surface area contributed by atoms with Gasteiger partial charge in [0.1, 0.15) is 5.56 Å². The molecule has 2 aromatic rings. The zero-order chi connectivity index (χ0) is 14.5. The summed E-state index contributed by atoms with van der Waals surface area (Å²) in [6, 6.07) is 2.72. The van der Waals surface area contributed by atoms with Gasteiger partial charge in [0.15, 0.2) is 5.43 Å². The van der Waals surface area contributed by atoms with E-state index in [4.69, 9.17) is 9.47 Å². The van der Waals surface area contributed by atoms with Crippen molar-refractivity contribution in [2.24, 2.45) is 0 Å². The molecule has 0 fully saturated rings. The number of aromatic amines is 1. The van der Waals surface area contributed by atoms with Gasteiger partial charge in [0.2, 0.25) is 17.7 Å². The molecule has 0 aliphatic heterocycles. The van der Waals surface area contributed by atoms with Crippen molar-refractivity contribution in [3.63, 3.8) is 0 Å². The van der Waals surface area contributed by atoms with Crippen molar-refractivity contribution in [2.75, 3.05) is 19.5 Å². The van der Waals surface area contributed by atoms with Crippen LogP contribution in [-0.4, -0.2) is 35.1 Å². The summed E-state index contributed by atoms with van der Waals surface area (Å²) in [6.45, 7) is 0. The van der Waals surface area contributed by atoms with Gasteiger partial charge in [-0.15, -0.1) is 0 Å². The summed E-state index contributed by atoms with van der Waals surface area (Å²) >= 11 is 0. The number of ether oxygens (including phenoxy) is 2. The van der Waals surface area contributed by atoms with E-state index in [1.165, 1.54) is 38.7 Å². The fourth-order valence-electron chi connectivity index (χ4n) is 1.43. The first kappa shape index (κ1) is 13.5. The minimum absolute atomic E-state index is 0.0190. The highest BCUT2D eigenvalue weighted by molar-refractivity contribution is 6.03. The molecule has 8 heteroatoms. The number of carbonyl (C=O) groups is 1. The molecule has 0 aliphatic rings. The normalized spacial score (nSPS) is 9.90. The van der Waals surface area contributed by atoms with Gasteiger partial charge in [0.25, 0.3) is 5.91 Å². The first-order chi connectivity index (χ1) is 9.63. The summed E-state index contributed by atoms with van der Waals surface area (Å²) in [4.78, 5) is 34.0. The highest BCUT2D eigenvalue weighted by Crippen LogP contribution is 2.17. The summed E-state index contributed by atoms with van der Waals surface area (Å²) in [7, 11) is 2.85. The fourth-order valence-corrected chi connectivity index (χ4v) is 1.43. The minimum Gasteiger partial charge on any atom is -0.481 e. The third kappa shape index (κ3) is 2.91. The summed E-state index contributed by atoms with van der Waals surface area (Å²) in [6.07, 6.45) is 2.74. The Morgan fingerprint density at radius 3 is 2.45 bits per heavy atom. The van der Waals surface area contributed by atoms with Crippen LogP contribution in [0.25, 0.3) is 0 Å². The van der Waals surface area contributed by atoms with Crippen molar-refractivity contribution in [3.05, 3.63) is 40.3 Å². The van der Waals surface area contributed by atoms with Gasteiger partial charge in [-0.05, 0) is 0 Å². The van der Waals surface area contributed by atoms with Crippen LogP contribution in [0.4, 0.5) is 5.95 Å². The van der Waals surface area contributed by atoms with E-state index in [0.717, 1.165) is 0 Å². The Balaban J connectivity index is 2.28. The standard InChI is InChI=1S/C12H12N4O4/c1-19-9-5-10(20-2)15-12(14-9)16-11(18)7-6-13-4-3-8(7)17/h3-6H,1-2H3,(H,13,17)(H,14,15,16,18). The summed E-state index contributed by atoms with van der Waals surface area (Å²) in [5.74, 6) is -0.181. The summed E-state index contributed by atoms with van der Waals surface area (Å²) in [5.41, 5.74) is -0.450. The molecule has 8 nitrogen and oxygen atoms in total. The smallest absolute Gasteiger partial charge is 0.263 e. The fraction of sp³-hybridized carbons (Fsp3) is 0.167. The van der Waals surface area contributed by atoms with Gasteiger partial charge >= 0.3 is 0 Å². The minimum atomic E-state index is -0.623. The Hall–Kier alpha value is -2.90. The Bertz CT molecular complexity index is 661. The molecule has 0 unspecified atom stereocenters. The Morgan fingerprint density at radius 1 is 1.25 bits per heavy atom. The first-order valence-corrected chi connectivity index (χ1v) is 5.59. The largest absolute Gasteiger partial charge is 0.481 e. The third-order valence-corrected chi connectivity index (χ3v) is 2.39. The van der Waals surface area contributed by atoms with Gasteiger partial charge in [-0.25, -0.2) is 0 Å². The number of hydrogen-bond donors (Lipinski definition) is 2.